The molecule has 6 heteroatoms. The molecular formula is C20H26N4O2. The van der Waals surface area contributed by atoms with E-state index in [1.54, 1.807) is 0 Å². The first-order valence-corrected chi connectivity index (χ1v) is 9.07. The van der Waals surface area contributed by atoms with Crippen LogP contribution in [0.15, 0.2) is 30.3 Å². The van der Waals surface area contributed by atoms with E-state index in [1.165, 1.54) is 0 Å². The topological polar surface area (TPSA) is 58.6 Å². The van der Waals surface area contributed by atoms with Gasteiger partial charge in [0.1, 0.15) is 17.4 Å². The van der Waals surface area contributed by atoms with Crippen molar-refractivity contribution < 1.29 is 9.53 Å². The van der Waals surface area contributed by atoms with E-state index in [0.29, 0.717) is 6.54 Å². The molecule has 26 heavy (non-hydrogen) atoms. The van der Waals surface area contributed by atoms with E-state index in [-0.39, 0.29) is 12.5 Å². The maximum absolute atomic E-state index is 12.5. The highest BCUT2D eigenvalue weighted by molar-refractivity contribution is 5.78. The Kier molecular flexibility index (Phi) is 5.71. The number of aryl methyl sites for hydroxylation is 2. The first-order valence-electron chi connectivity index (χ1n) is 9.07. The van der Waals surface area contributed by atoms with Crippen LogP contribution in [0, 0.1) is 20.8 Å². The van der Waals surface area contributed by atoms with Gasteiger partial charge in [0, 0.05) is 37.4 Å². The van der Waals surface area contributed by atoms with Gasteiger partial charge in [0.2, 0.25) is 0 Å². The predicted molar refractivity (Wildman–Crippen MR) is 102 cm³/mol. The fraction of sp³-hybridized carbons (Fsp3) is 0.450. The number of anilines is 1. The Hall–Kier alpha value is -2.63. The molecule has 0 spiro atoms. The van der Waals surface area contributed by atoms with E-state index < -0.39 is 0 Å². The summed E-state index contributed by atoms with van der Waals surface area (Å²) in [4.78, 5) is 25.7. The van der Waals surface area contributed by atoms with E-state index >= 15 is 0 Å². The number of carbonyl (C=O) groups excluding carboxylic acids is 1. The van der Waals surface area contributed by atoms with Crippen molar-refractivity contribution in [2.75, 3.05) is 37.7 Å². The van der Waals surface area contributed by atoms with E-state index in [1.807, 2.05) is 49.1 Å². The molecule has 1 aromatic heterocycles. The van der Waals surface area contributed by atoms with Gasteiger partial charge in [-0.15, -0.1) is 0 Å². The second kappa shape index (κ2) is 8.17. The number of hydrogen-bond acceptors (Lipinski definition) is 5. The molecule has 1 amide bonds. The molecule has 0 bridgehead atoms. The Bertz CT molecular complexity index is 764. The van der Waals surface area contributed by atoms with Crippen molar-refractivity contribution >= 4 is 11.7 Å². The third-order valence-corrected chi connectivity index (χ3v) is 4.73. The highest BCUT2D eigenvalue weighted by atomic mass is 16.5. The summed E-state index contributed by atoms with van der Waals surface area (Å²) >= 11 is 0. The molecular weight excluding hydrogens is 328 g/mol. The maximum atomic E-state index is 12.5. The summed E-state index contributed by atoms with van der Waals surface area (Å²) in [5.74, 6) is 2.53. The van der Waals surface area contributed by atoms with Crippen LogP contribution in [0.25, 0.3) is 0 Å². The number of benzene rings is 1. The number of nitrogens with zero attached hydrogens (tertiary/aromatic N) is 4. The fourth-order valence-corrected chi connectivity index (χ4v) is 3.19. The first kappa shape index (κ1) is 18.2. The molecule has 0 N–H and O–H groups in total. The van der Waals surface area contributed by atoms with Gasteiger partial charge in [-0.2, -0.15) is 0 Å². The molecule has 0 saturated carbocycles. The molecule has 1 fully saturated rings. The monoisotopic (exact) mass is 354 g/mol. The van der Waals surface area contributed by atoms with Crippen LogP contribution >= 0.6 is 0 Å². The lowest BCUT2D eigenvalue weighted by Crippen LogP contribution is -2.38. The molecule has 0 unspecified atom stereocenters. The average Bonchev–Trinajstić information content (AvgIpc) is 2.90. The fourth-order valence-electron chi connectivity index (χ4n) is 3.19. The number of amides is 1. The second-order valence-electron chi connectivity index (χ2n) is 6.63. The van der Waals surface area contributed by atoms with Gasteiger partial charge in [0.15, 0.2) is 6.61 Å². The van der Waals surface area contributed by atoms with Crippen molar-refractivity contribution in [1.82, 2.24) is 14.9 Å². The molecule has 2 aromatic rings. The number of rotatable bonds is 4. The minimum Gasteiger partial charge on any atom is -0.484 e. The molecule has 0 radical (unpaired) electrons. The lowest BCUT2D eigenvalue weighted by molar-refractivity contribution is -0.133. The second-order valence-corrected chi connectivity index (χ2v) is 6.63. The van der Waals surface area contributed by atoms with Crippen LogP contribution < -0.4 is 9.64 Å². The minimum atomic E-state index is 0.0301. The number of carbonyl (C=O) groups is 1. The number of ether oxygens (including phenoxy) is 1. The highest BCUT2D eigenvalue weighted by Crippen LogP contribution is 2.21. The molecule has 6 nitrogen and oxygen atoms in total. The van der Waals surface area contributed by atoms with Gasteiger partial charge in [-0.3, -0.25) is 4.79 Å². The predicted octanol–water partition coefficient (Wildman–Crippen LogP) is 2.52. The Labute approximate surface area is 154 Å². The van der Waals surface area contributed by atoms with Gasteiger partial charge >= 0.3 is 0 Å². The van der Waals surface area contributed by atoms with Crippen LogP contribution in [0.1, 0.15) is 23.5 Å². The first-order chi connectivity index (χ1) is 12.5. The summed E-state index contributed by atoms with van der Waals surface area (Å²) < 4.78 is 5.60. The molecule has 3 rings (SSSR count). The van der Waals surface area contributed by atoms with E-state index in [2.05, 4.69) is 21.8 Å². The van der Waals surface area contributed by atoms with Crippen molar-refractivity contribution in [1.29, 1.82) is 0 Å². The van der Waals surface area contributed by atoms with Gasteiger partial charge in [0.05, 0.1) is 0 Å². The standard InChI is InChI=1S/C20H26N4O2/c1-15-16(2)21-17(3)22-20(15)24-11-7-10-23(12-13-24)19(25)14-26-18-8-5-4-6-9-18/h4-6,8-9H,7,10-14H2,1-3H3. The van der Waals surface area contributed by atoms with Crippen LogP contribution in [0.5, 0.6) is 5.75 Å². The molecule has 1 aliphatic rings. The van der Waals surface area contributed by atoms with Crippen molar-refractivity contribution in [3.8, 4) is 5.75 Å². The van der Waals surface area contributed by atoms with Crippen molar-refractivity contribution in [2.24, 2.45) is 0 Å². The van der Waals surface area contributed by atoms with Gasteiger partial charge in [0.25, 0.3) is 5.91 Å². The summed E-state index contributed by atoms with van der Waals surface area (Å²) in [6.45, 7) is 9.16. The SMILES string of the molecule is Cc1nc(C)c(C)c(N2CCCN(C(=O)COc3ccccc3)CC2)n1. The number of para-hydroxylation sites is 1. The van der Waals surface area contributed by atoms with Crippen LogP contribution in [0.3, 0.4) is 0 Å². The van der Waals surface area contributed by atoms with Gasteiger partial charge in [-0.1, -0.05) is 18.2 Å². The van der Waals surface area contributed by atoms with Crippen molar-refractivity contribution in [3.05, 3.63) is 47.4 Å². The minimum absolute atomic E-state index is 0.0301. The van der Waals surface area contributed by atoms with E-state index in [0.717, 1.165) is 54.7 Å². The zero-order valence-electron chi connectivity index (χ0n) is 15.7. The Morgan fingerprint density at radius 3 is 2.58 bits per heavy atom. The quantitative estimate of drug-likeness (QED) is 0.844. The van der Waals surface area contributed by atoms with Crippen LogP contribution in [-0.2, 0) is 4.79 Å². The Balaban J connectivity index is 1.60. The third-order valence-electron chi connectivity index (χ3n) is 4.73. The summed E-state index contributed by atoms with van der Waals surface area (Å²) in [5, 5.41) is 0. The van der Waals surface area contributed by atoms with Gasteiger partial charge in [-0.05, 0) is 39.3 Å². The summed E-state index contributed by atoms with van der Waals surface area (Å²) in [5.41, 5.74) is 2.13. The highest BCUT2D eigenvalue weighted by Gasteiger charge is 2.22. The zero-order chi connectivity index (χ0) is 18.5. The molecule has 1 aliphatic heterocycles. The molecule has 0 aliphatic carbocycles. The van der Waals surface area contributed by atoms with Crippen LogP contribution in [0.4, 0.5) is 5.82 Å². The summed E-state index contributed by atoms with van der Waals surface area (Å²) in [6.07, 6.45) is 0.915. The maximum Gasteiger partial charge on any atom is 0.260 e. The molecule has 0 atom stereocenters. The normalized spacial score (nSPS) is 14.9. The smallest absolute Gasteiger partial charge is 0.260 e. The molecule has 1 saturated heterocycles. The van der Waals surface area contributed by atoms with Crippen molar-refractivity contribution in [3.63, 3.8) is 0 Å². The zero-order valence-corrected chi connectivity index (χ0v) is 15.7. The Morgan fingerprint density at radius 2 is 1.81 bits per heavy atom. The molecule has 1 aromatic carbocycles. The summed E-state index contributed by atoms with van der Waals surface area (Å²) in [6, 6.07) is 9.45. The average molecular weight is 354 g/mol. The lowest BCUT2D eigenvalue weighted by atomic mass is 10.2. The number of hydrogen-bond donors (Lipinski definition) is 0. The van der Waals surface area contributed by atoms with Crippen molar-refractivity contribution in [2.45, 2.75) is 27.2 Å². The Morgan fingerprint density at radius 1 is 1.04 bits per heavy atom. The third kappa shape index (κ3) is 4.31. The van der Waals surface area contributed by atoms with Gasteiger partial charge < -0.3 is 14.5 Å². The summed E-state index contributed by atoms with van der Waals surface area (Å²) in [7, 11) is 0. The van der Waals surface area contributed by atoms with Crippen LogP contribution in [-0.4, -0.2) is 53.6 Å². The van der Waals surface area contributed by atoms with E-state index in [4.69, 9.17) is 4.74 Å². The van der Waals surface area contributed by atoms with Crippen LogP contribution in [0.2, 0.25) is 0 Å². The number of aromatic nitrogens is 2. The lowest BCUT2D eigenvalue weighted by Gasteiger charge is -2.25. The van der Waals surface area contributed by atoms with Gasteiger partial charge in [-0.25, -0.2) is 9.97 Å². The largest absolute Gasteiger partial charge is 0.484 e. The van der Waals surface area contributed by atoms with E-state index in [9.17, 15) is 4.79 Å². The molecule has 138 valence electrons. The molecule has 2 heterocycles.